The number of fused-ring (bicyclic) bond motifs is 1. The standard InChI is InChI=1S/C11H12BrN3/c12-8-2-1-5-15-9(8)6-14-10(15)11(7-13)3-4-11/h1-2,5-6H,3-4,7,13H2. The molecule has 1 fully saturated rings. The molecule has 2 N–H and O–H groups in total. The molecule has 0 atom stereocenters. The number of imidazole rings is 1. The number of nitrogens with two attached hydrogens (primary N) is 1. The number of hydrogen-bond donors (Lipinski definition) is 1. The molecule has 3 nitrogen and oxygen atoms in total. The molecule has 0 amide bonds. The van der Waals surface area contributed by atoms with Crippen LogP contribution in [0.5, 0.6) is 0 Å². The van der Waals surface area contributed by atoms with Gasteiger partial charge in [0.2, 0.25) is 0 Å². The Balaban J connectivity index is 2.25. The van der Waals surface area contributed by atoms with E-state index in [1.165, 1.54) is 0 Å². The second-order valence-corrected chi connectivity index (χ2v) is 5.03. The molecular formula is C11H12BrN3. The minimum atomic E-state index is 0.146. The average molecular weight is 266 g/mol. The lowest BCUT2D eigenvalue weighted by molar-refractivity contribution is 0.646. The molecule has 3 rings (SSSR count). The van der Waals surface area contributed by atoms with Gasteiger partial charge in [0.25, 0.3) is 0 Å². The Bertz CT molecular complexity index is 514. The third-order valence-electron chi connectivity index (χ3n) is 3.24. The molecule has 2 aromatic heterocycles. The molecule has 0 saturated heterocycles. The number of halogens is 1. The lowest BCUT2D eigenvalue weighted by Gasteiger charge is -2.10. The van der Waals surface area contributed by atoms with Gasteiger partial charge in [0.05, 0.1) is 11.7 Å². The normalized spacial score (nSPS) is 18.3. The van der Waals surface area contributed by atoms with Crippen LogP contribution in [0.25, 0.3) is 5.52 Å². The van der Waals surface area contributed by atoms with Gasteiger partial charge in [-0.05, 0) is 40.9 Å². The fourth-order valence-corrected chi connectivity index (χ4v) is 2.50. The first-order chi connectivity index (χ1) is 7.27. The highest BCUT2D eigenvalue weighted by Gasteiger charge is 2.46. The van der Waals surface area contributed by atoms with E-state index in [-0.39, 0.29) is 5.41 Å². The number of rotatable bonds is 2. The van der Waals surface area contributed by atoms with Gasteiger partial charge in [-0.1, -0.05) is 0 Å². The van der Waals surface area contributed by atoms with Crippen molar-refractivity contribution in [2.24, 2.45) is 5.73 Å². The molecule has 1 saturated carbocycles. The van der Waals surface area contributed by atoms with Gasteiger partial charge in [0.15, 0.2) is 0 Å². The molecular weight excluding hydrogens is 254 g/mol. The van der Waals surface area contributed by atoms with Crippen molar-refractivity contribution < 1.29 is 0 Å². The van der Waals surface area contributed by atoms with E-state index in [2.05, 4.69) is 31.5 Å². The quantitative estimate of drug-likeness (QED) is 0.904. The average Bonchev–Trinajstić information content (AvgIpc) is 2.92. The summed E-state index contributed by atoms with van der Waals surface area (Å²) in [6.07, 6.45) is 6.29. The summed E-state index contributed by atoms with van der Waals surface area (Å²) in [6, 6.07) is 4.05. The molecule has 1 aliphatic rings. The van der Waals surface area contributed by atoms with Crippen LogP contribution >= 0.6 is 15.9 Å². The minimum absolute atomic E-state index is 0.146. The monoisotopic (exact) mass is 265 g/mol. The Morgan fingerprint density at radius 3 is 3.00 bits per heavy atom. The van der Waals surface area contributed by atoms with Gasteiger partial charge in [0, 0.05) is 22.6 Å². The van der Waals surface area contributed by atoms with Crippen molar-refractivity contribution in [3.05, 3.63) is 34.8 Å². The summed E-state index contributed by atoms with van der Waals surface area (Å²) in [5.74, 6) is 1.11. The van der Waals surface area contributed by atoms with Gasteiger partial charge in [0.1, 0.15) is 5.82 Å². The van der Waals surface area contributed by atoms with Crippen LogP contribution in [0.2, 0.25) is 0 Å². The molecule has 0 spiro atoms. The first kappa shape index (κ1) is 9.36. The van der Waals surface area contributed by atoms with Gasteiger partial charge in [-0.15, -0.1) is 0 Å². The van der Waals surface area contributed by atoms with Crippen molar-refractivity contribution in [1.82, 2.24) is 9.38 Å². The molecule has 0 aromatic carbocycles. The largest absolute Gasteiger partial charge is 0.329 e. The van der Waals surface area contributed by atoms with E-state index in [1.54, 1.807) is 0 Å². The third-order valence-corrected chi connectivity index (χ3v) is 3.91. The van der Waals surface area contributed by atoms with Gasteiger partial charge < -0.3 is 10.1 Å². The SMILES string of the molecule is NCC1(c2ncc3c(Br)cccn23)CC1. The molecule has 78 valence electrons. The Kier molecular flexibility index (Phi) is 1.91. The van der Waals surface area contributed by atoms with Crippen LogP contribution < -0.4 is 5.73 Å². The van der Waals surface area contributed by atoms with Gasteiger partial charge in [-0.3, -0.25) is 0 Å². The predicted molar refractivity (Wildman–Crippen MR) is 62.9 cm³/mol. The molecule has 0 aliphatic heterocycles. The summed E-state index contributed by atoms with van der Waals surface area (Å²) in [6.45, 7) is 0.693. The van der Waals surface area contributed by atoms with Crippen LogP contribution in [-0.4, -0.2) is 15.9 Å². The van der Waals surface area contributed by atoms with Crippen molar-refractivity contribution in [2.75, 3.05) is 6.54 Å². The first-order valence-electron chi connectivity index (χ1n) is 5.09. The van der Waals surface area contributed by atoms with E-state index in [4.69, 9.17) is 5.73 Å². The topological polar surface area (TPSA) is 43.3 Å². The number of nitrogens with zero attached hydrogens (tertiary/aromatic N) is 2. The van der Waals surface area contributed by atoms with Gasteiger partial charge in [-0.2, -0.15) is 0 Å². The Hall–Kier alpha value is -0.870. The zero-order valence-corrected chi connectivity index (χ0v) is 9.87. The summed E-state index contributed by atoms with van der Waals surface area (Å²) in [5.41, 5.74) is 7.09. The molecule has 4 heteroatoms. The van der Waals surface area contributed by atoms with Gasteiger partial charge >= 0.3 is 0 Å². The predicted octanol–water partition coefficient (Wildman–Crippen LogP) is 2.09. The number of aromatic nitrogens is 2. The molecule has 0 unspecified atom stereocenters. The number of hydrogen-bond acceptors (Lipinski definition) is 2. The van der Waals surface area contributed by atoms with Crippen LogP contribution in [0.1, 0.15) is 18.7 Å². The lowest BCUT2D eigenvalue weighted by Crippen LogP contribution is -2.22. The highest BCUT2D eigenvalue weighted by Crippen LogP contribution is 2.46. The van der Waals surface area contributed by atoms with Crippen molar-refractivity contribution >= 4 is 21.4 Å². The van der Waals surface area contributed by atoms with Crippen LogP contribution in [0.3, 0.4) is 0 Å². The summed E-state index contributed by atoms with van der Waals surface area (Å²) < 4.78 is 3.22. The minimum Gasteiger partial charge on any atom is -0.329 e. The zero-order valence-electron chi connectivity index (χ0n) is 8.28. The van der Waals surface area contributed by atoms with Crippen molar-refractivity contribution in [3.8, 4) is 0 Å². The molecule has 15 heavy (non-hydrogen) atoms. The van der Waals surface area contributed by atoms with E-state index in [0.717, 1.165) is 28.7 Å². The van der Waals surface area contributed by atoms with Crippen LogP contribution in [0.15, 0.2) is 29.0 Å². The molecule has 1 aliphatic carbocycles. The Labute approximate surface area is 96.4 Å². The lowest BCUT2D eigenvalue weighted by atomic mass is 10.1. The van der Waals surface area contributed by atoms with E-state index in [1.807, 2.05) is 18.3 Å². The van der Waals surface area contributed by atoms with E-state index >= 15 is 0 Å². The van der Waals surface area contributed by atoms with E-state index < -0.39 is 0 Å². The van der Waals surface area contributed by atoms with Crippen molar-refractivity contribution in [2.45, 2.75) is 18.3 Å². The summed E-state index contributed by atoms with van der Waals surface area (Å²) in [7, 11) is 0. The molecule has 2 aromatic rings. The van der Waals surface area contributed by atoms with E-state index in [0.29, 0.717) is 6.54 Å². The molecule has 2 heterocycles. The zero-order chi connectivity index (χ0) is 10.5. The maximum Gasteiger partial charge on any atom is 0.120 e. The first-order valence-corrected chi connectivity index (χ1v) is 5.88. The maximum atomic E-state index is 5.82. The fraction of sp³-hybridized carbons (Fsp3) is 0.364. The van der Waals surface area contributed by atoms with Crippen LogP contribution in [0, 0.1) is 0 Å². The smallest absolute Gasteiger partial charge is 0.120 e. The Morgan fingerprint density at radius 2 is 2.33 bits per heavy atom. The number of pyridine rings is 1. The summed E-state index contributed by atoms with van der Waals surface area (Å²) in [4.78, 5) is 4.51. The fourth-order valence-electron chi connectivity index (χ4n) is 2.05. The second kappa shape index (κ2) is 3.06. The maximum absolute atomic E-state index is 5.82. The van der Waals surface area contributed by atoms with E-state index in [9.17, 15) is 0 Å². The van der Waals surface area contributed by atoms with Crippen molar-refractivity contribution in [1.29, 1.82) is 0 Å². The summed E-state index contributed by atoms with van der Waals surface area (Å²) >= 11 is 3.53. The van der Waals surface area contributed by atoms with Gasteiger partial charge in [-0.25, -0.2) is 4.98 Å². The van der Waals surface area contributed by atoms with Crippen molar-refractivity contribution in [3.63, 3.8) is 0 Å². The second-order valence-electron chi connectivity index (χ2n) is 4.18. The Morgan fingerprint density at radius 1 is 1.53 bits per heavy atom. The third kappa shape index (κ3) is 1.25. The highest BCUT2D eigenvalue weighted by atomic mass is 79.9. The molecule has 0 radical (unpaired) electrons. The summed E-state index contributed by atoms with van der Waals surface area (Å²) in [5, 5.41) is 0. The highest BCUT2D eigenvalue weighted by molar-refractivity contribution is 9.10. The molecule has 0 bridgehead atoms. The van der Waals surface area contributed by atoms with Crippen LogP contribution in [-0.2, 0) is 5.41 Å². The van der Waals surface area contributed by atoms with Crippen LogP contribution in [0.4, 0.5) is 0 Å².